The van der Waals surface area contributed by atoms with Crippen molar-refractivity contribution in [1.82, 2.24) is 10.2 Å². The summed E-state index contributed by atoms with van der Waals surface area (Å²) in [5.41, 5.74) is 0.994. The third-order valence-corrected chi connectivity index (χ3v) is 5.02. The van der Waals surface area contributed by atoms with Crippen LogP contribution in [0.4, 0.5) is 5.82 Å². The van der Waals surface area contributed by atoms with Crippen molar-refractivity contribution in [3.05, 3.63) is 30.3 Å². The molecule has 104 valence electrons. The van der Waals surface area contributed by atoms with E-state index in [1.54, 1.807) is 0 Å². The molecule has 0 bridgehead atoms. The van der Waals surface area contributed by atoms with Gasteiger partial charge in [-0.05, 0) is 43.7 Å². The van der Waals surface area contributed by atoms with Crippen molar-refractivity contribution in [1.29, 1.82) is 0 Å². The molecule has 2 atom stereocenters. The number of nitrogens with zero attached hydrogens (tertiary/aromatic N) is 3. The molecule has 4 rings (SSSR count). The van der Waals surface area contributed by atoms with E-state index in [1.807, 2.05) is 12.1 Å². The average Bonchev–Trinajstić information content (AvgIpc) is 2.54. The lowest BCUT2D eigenvalue weighted by Gasteiger charge is -2.44. The normalized spacial score (nSPS) is 26.5. The number of aromatic nitrogens is 2. The summed E-state index contributed by atoms with van der Waals surface area (Å²) in [6, 6.07) is 11.2. The summed E-state index contributed by atoms with van der Waals surface area (Å²) in [7, 11) is 0. The summed E-state index contributed by atoms with van der Waals surface area (Å²) in [6.45, 7) is 1.15. The van der Waals surface area contributed by atoms with Crippen LogP contribution in [-0.2, 0) is 0 Å². The molecule has 0 spiro atoms. The lowest BCUT2D eigenvalue weighted by molar-refractivity contribution is 0.242. The van der Waals surface area contributed by atoms with Gasteiger partial charge in [0, 0.05) is 18.0 Å². The number of hydrogen-bond acceptors (Lipinski definition) is 3. The number of fused-ring (bicyclic) bond motifs is 2. The van der Waals surface area contributed by atoms with Crippen LogP contribution in [0.25, 0.3) is 10.9 Å². The number of anilines is 1. The van der Waals surface area contributed by atoms with Crippen molar-refractivity contribution in [2.45, 2.75) is 44.6 Å². The summed E-state index contributed by atoms with van der Waals surface area (Å²) < 4.78 is 0. The van der Waals surface area contributed by atoms with Crippen molar-refractivity contribution >= 4 is 16.7 Å². The van der Waals surface area contributed by atoms with Crippen molar-refractivity contribution in [2.24, 2.45) is 5.92 Å². The van der Waals surface area contributed by atoms with E-state index >= 15 is 0 Å². The lowest BCUT2D eigenvalue weighted by Crippen LogP contribution is -2.47. The lowest BCUT2D eigenvalue weighted by atomic mass is 9.78. The molecule has 2 heterocycles. The smallest absolute Gasteiger partial charge is 0.152 e. The van der Waals surface area contributed by atoms with Crippen LogP contribution >= 0.6 is 0 Å². The van der Waals surface area contributed by atoms with Crippen LogP contribution in [0.3, 0.4) is 0 Å². The SMILES string of the molecule is c1ccc2nnc(N3CCCC4CCCCC43)cc2c1. The largest absolute Gasteiger partial charge is 0.352 e. The molecule has 2 aromatic rings. The second kappa shape index (κ2) is 5.04. The summed E-state index contributed by atoms with van der Waals surface area (Å²) in [6.07, 6.45) is 8.23. The Morgan fingerprint density at radius 1 is 0.950 bits per heavy atom. The van der Waals surface area contributed by atoms with Crippen LogP contribution < -0.4 is 4.90 Å². The Bertz CT molecular complexity index is 608. The molecular weight excluding hydrogens is 246 g/mol. The predicted molar refractivity (Wildman–Crippen MR) is 81.9 cm³/mol. The highest BCUT2D eigenvalue weighted by Gasteiger charge is 2.33. The van der Waals surface area contributed by atoms with Gasteiger partial charge in [0.05, 0.1) is 5.52 Å². The van der Waals surface area contributed by atoms with Crippen LogP contribution in [0.1, 0.15) is 38.5 Å². The van der Waals surface area contributed by atoms with Crippen LogP contribution in [0.5, 0.6) is 0 Å². The van der Waals surface area contributed by atoms with E-state index in [2.05, 4.69) is 33.3 Å². The van der Waals surface area contributed by atoms with Crippen molar-refractivity contribution in [3.63, 3.8) is 0 Å². The van der Waals surface area contributed by atoms with E-state index in [9.17, 15) is 0 Å². The minimum Gasteiger partial charge on any atom is -0.352 e. The minimum atomic E-state index is 0.702. The Balaban J connectivity index is 1.69. The van der Waals surface area contributed by atoms with Gasteiger partial charge in [0.15, 0.2) is 5.82 Å². The van der Waals surface area contributed by atoms with Gasteiger partial charge in [0.2, 0.25) is 0 Å². The Kier molecular flexibility index (Phi) is 3.06. The second-order valence-electron chi connectivity index (χ2n) is 6.21. The monoisotopic (exact) mass is 267 g/mol. The fraction of sp³-hybridized carbons (Fsp3) is 0.529. The zero-order valence-electron chi connectivity index (χ0n) is 11.8. The predicted octanol–water partition coefficient (Wildman–Crippen LogP) is 3.79. The van der Waals surface area contributed by atoms with E-state index < -0.39 is 0 Å². The maximum Gasteiger partial charge on any atom is 0.152 e. The Labute approximate surface area is 120 Å². The molecule has 1 aliphatic heterocycles. The van der Waals surface area contributed by atoms with Gasteiger partial charge in [-0.25, -0.2) is 0 Å². The third kappa shape index (κ3) is 2.05. The number of hydrogen-bond donors (Lipinski definition) is 0. The Morgan fingerprint density at radius 2 is 1.80 bits per heavy atom. The fourth-order valence-electron chi connectivity index (χ4n) is 4.02. The van der Waals surface area contributed by atoms with Crippen LogP contribution in [-0.4, -0.2) is 22.8 Å². The summed E-state index contributed by atoms with van der Waals surface area (Å²) in [4.78, 5) is 2.53. The zero-order chi connectivity index (χ0) is 13.4. The first-order chi connectivity index (χ1) is 9.92. The highest BCUT2D eigenvalue weighted by Crippen LogP contribution is 2.37. The number of benzene rings is 1. The van der Waals surface area contributed by atoms with Gasteiger partial charge in [-0.3, -0.25) is 0 Å². The molecule has 20 heavy (non-hydrogen) atoms. The highest BCUT2D eigenvalue weighted by molar-refractivity contribution is 5.80. The second-order valence-corrected chi connectivity index (χ2v) is 6.21. The topological polar surface area (TPSA) is 29.0 Å². The first kappa shape index (κ1) is 12.1. The number of piperidine rings is 1. The van der Waals surface area contributed by atoms with Gasteiger partial charge in [0.1, 0.15) is 0 Å². The fourth-order valence-corrected chi connectivity index (χ4v) is 4.02. The van der Waals surface area contributed by atoms with E-state index in [1.165, 1.54) is 43.9 Å². The minimum absolute atomic E-state index is 0.702. The first-order valence-corrected chi connectivity index (χ1v) is 7.91. The molecule has 0 N–H and O–H groups in total. The summed E-state index contributed by atoms with van der Waals surface area (Å²) in [5.74, 6) is 1.96. The molecule has 0 radical (unpaired) electrons. The first-order valence-electron chi connectivity index (χ1n) is 7.91. The van der Waals surface area contributed by atoms with E-state index in [0.717, 1.165) is 23.8 Å². The standard InChI is InChI=1S/C17H21N3/c1-3-9-15-14(7-1)12-17(19-18-15)20-11-5-8-13-6-2-4-10-16(13)20/h1,3,7,9,12-13,16H,2,4-6,8,10-11H2. The molecule has 3 nitrogen and oxygen atoms in total. The third-order valence-electron chi connectivity index (χ3n) is 5.02. The molecule has 2 fully saturated rings. The van der Waals surface area contributed by atoms with E-state index in [-0.39, 0.29) is 0 Å². The van der Waals surface area contributed by atoms with Gasteiger partial charge >= 0.3 is 0 Å². The van der Waals surface area contributed by atoms with Gasteiger partial charge in [-0.15, -0.1) is 10.2 Å². The van der Waals surface area contributed by atoms with Crippen molar-refractivity contribution in [3.8, 4) is 0 Å². The molecule has 1 saturated heterocycles. The maximum absolute atomic E-state index is 4.50. The highest BCUT2D eigenvalue weighted by atomic mass is 15.3. The molecular formula is C17H21N3. The molecule has 1 saturated carbocycles. The molecule has 0 amide bonds. The quantitative estimate of drug-likeness (QED) is 0.787. The molecule has 2 aliphatic rings. The van der Waals surface area contributed by atoms with Gasteiger partial charge in [-0.2, -0.15) is 0 Å². The van der Waals surface area contributed by atoms with Gasteiger partial charge in [0.25, 0.3) is 0 Å². The molecule has 1 aliphatic carbocycles. The Hall–Kier alpha value is -1.64. The zero-order valence-corrected chi connectivity index (χ0v) is 11.8. The number of rotatable bonds is 1. The van der Waals surface area contributed by atoms with Gasteiger partial charge < -0.3 is 4.90 Å². The van der Waals surface area contributed by atoms with Crippen molar-refractivity contribution < 1.29 is 0 Å². The van der Waals surface area contributed by atoms with Gasteiger partial charge in [-0.1, -0.05) is 31.0 Å². The summed E-state index contributed by atoms with van der Waals surface area (Å²) in [5, 5.41) is 10.1. The van der Waals surface area contributed by atoms with E-state index in [0.29, 0.717) is 6.04 Å². The molecule has 1 aromatic heterocycles. The van der Waals surface area contributed by atoms with Crippen LogP contribution in [0, 0.1) is 5.92 Å². The van der Waals surface area contributed by atoms with E-state index in [4.69, 9.17) is 0 Å². The maximum atomic E-state index is 4.50. The van der Waals surface area contributed by atoms with Crippen LogP contribution in [0.2, 0.25) is 0 Å². The Morgan fingerprint density at radius 3 is 2.80 bits per heavy atom. The van der Waals surface area contributed by atoms with Crippen LogP contribution in [0.15, 0.2) is 30.3 Å². The molecule has 3 heteroatoms. The van der Waals surface area contributed by atoms with Crippen molar-refractivity contribution in [2.75, 3.05) is 11.4 Å². The molecule has 2 unspecified atom stereocenters. The molecule has 1 aromatic carbocycles. The summed E-state index contributed by atoms with van der Waals surface area (Å²) >= 11 is 0. The average molecular weight is 267 g/mol.